The molecule has 3 rings (SSSR count). The molecule has 0 unspecified atom stereocenters. The van der Waals surface area contributed by atoms with Crippen molar-refractivity contribution >= 4 is 10.9 Å². The number of benzene rings is 2. The molecular formula is C19H21N3O. The highest BCUT2D eigenvalue weighted by Gasteiger charge is 2.13. The van der Waals surface area contributed by atoms with Gasteiger partial charge in [-0.25, -0.2) is 4.98 Å². The molecular weight excluding hydrogens is 286 g/mol. The van der Waals surface area contributed by atoms with Gasteiger partial charge in [-0.05, 0) is 37.6 Å². The van der Waals surface area contributed by atoms with Crippen LogP contribution in [0.1, 0.15) is 24.4 Å². The van der Waals surface area contributed by atoms with Crippen LogP contribution in [-0.2, 0) is 13.5 Å². The monoisotopic (exact) mass is 307 g/mol. The van der Waals surface area contributed by atoms with Gasteiger partial charge in [0.1, 0.15) is 5.82 Å². The number of nitrogens with zero attached hydrogens (tertiary/aromatic N) is 2. The van der Waals surface area contributed by atoms with Crippen molar-refractivity contribution in [1.29, 1.82) is 0 Å². The first kappa shape index (κ1) is 15.4. The van der Waals surface area contributed by atoms with Crippen LogP contribution in [-0.4, -0.2) is 16.1 Å². The summed E-state index contributed by atoms with van der Waals surface area (Å²) in [6.07, 6.45) is 0.951. The molecule has 1 aromatic heterocycles. The Bertz CT molecular complexity index is 855. The zero-order valence-corrected chi connectivity index (χ0v) is 13.5. The predicted molar refractivity (Wildman–Crippen MR) is 93.5 cm³/mol. The Labute approximate surface area is 135 Å². The number of para-hydroxylation sites is 1. The quantitative estimate of drug-likeness (QED) is 0.788. The number of nitrogens with one attached hydrogen (secondary N) is 1. The summed E-state index contributed by atoms with van der Waals surface area (Å²) < 4.78 is 1.64. The van der Waals surface area contributed by atoms with E-state index in [1.807, 2.05) is 49.4 Å². The topological polar surface area (TPSA) is 46.9 Å². The van der Waals surface area contributed by atoms with Gasteiger partial charge in [-0.2, -0.15) is 0 Å². The Morgan fingerprint density at radius 1 is 1.09 bits per heavy atom. The van der Waals surface area contributed by atoms with Crippen LogP contribution in [0.25, 0.3) is 10.9 Å². The summed E-state index contributed by atoms with van der Waals surface area (Å²) in [6, 6.07) is 17.9. The van der Waals surface area contributed by atoms with Crippen LogP contribution in [0.2, 0.25) is 0 Å². The van der Waals surface area contributed by atoms with Crippen molar-refractivity contribution < 1.29 is 0 Å². The van der Waals surface area contributed by atoms with Crippen LogP contribution in [0.4, 0.5) is 0 Å². The summed E-state index contributed by atoms with van der Waals surface area (Å²) in [5, 5.41) is 4.12. The molecule has 118 valence electrons. The van der Waals surface area contributed by atoms with E-state index in [4.69, 9.17) is 0 Å². The lowest BCUT2D eigenvalue weighted by molar-refractivity contribution is 0.523. The molecule has 0 saturated carbocycles. The van der Waals surface area contributed by atoms with Crippen LogP contribution in [0.3, 0.4) is 0 Å². The minimum Gasteiger partial charge on any atom is -0.307 e. The molecule has 0 aliphatic heterocycles. The standard InChI is InChI=1S/C19H21N3O/c1-14(20-13-12-15-8-4-3-5-9-15)18-21-17-11-7-6-10-16(17)19(23)22(18)2/h3-11,14,20H,12-13H2,1-2H3/t14-/m1/s1. The number of aromatic nitrogens is 2. The van der Waals surface area contributed by atoms with Crippen molar-refractivity contribution in [2.75, 3.05) is 6.54 Å². The Hall–Kier alpha value is -2.46. The maximum Gasteiger partial charge on any atom is 0.261 e. The van der Waals surface area contributed by atoms with Crippen LogP contribution in [0.15, 0.2) is 59.4 Å². The van der Waals surface area contributed by atoms with Crippen molar-refractivity contribution in [1.82, 2.24) is 14.9 Å². The highest BCUT2D eigenvalue weighted by Crippen LogP contribution is 2.12. The Kier molecular flexibility index (Phi) is 4.53. The number of hydrogen-bond donors (Lipinski definition) is 1. The third-order valence-corrected chi connectivity index (χ3v) is 4.11. The summed E-state index contributed by atoms with van der Waals surface area (Å²) in [6.45, 7) is 2.88. The van der Waals surface area contributed by atoms with Gasteiger partial charge in [0.25, 0.3) is 5.56 Å². The fourth-order valence-corrected chi connectivity index (χ4v) is 2.79. The molecule has 0 aliphatic rings. The van der Waals surface area contributed by atoms with E-state index < -0.39 is 0 Å². The summed E-state index contributed by atoms with van der Waals surface area (Å²) in [5.74, 6) is 0.766. The molecule has 4 nitrogen and oxygen atoms in total. The predicted octanol–water partition coefficient (Wildman–Crippen LogP) is 2.83. The second kappa shape index (κ2) is 6.75. The molecule has 23 heavy (non-hydrogen) atoms. The fourth-order valence-electron chi connectivity index (χ4n) is 2.79. The lowest BCUT2D eigenvalue weighted by Gasteiger charge is -2.17. The zero-order chi connectivity index (χ0) is 16.2. The highest BCUT2D eigenvalue weighted by atomic mass is 16.1. The average molecular weight is 307 g/mol. The lowest BCUT2D eigenvalue weighted by Crippen LogP contribution is -2.30. The zero-order valence-electron chi connectivity index (χ0n) is 13.5. The molecule has 0 aliphatic carbocycles. The van der Waals surface area contributed by atoms with E-state index in [0.29, 0.717) is 5.39 Å². The summed E-state index contributed by atoms with van der Waals surface area (Å²) in [4.78, 5) is 17.1. The molecule has 0 saturated heterocycles. The van der Waals surface area contributed by atoms with Gasteiger partial charge in [-0.3, -0.25) is 9.36 Å². The summed E-state index contributed by atoms with van der Waals surface area (Å²) in [7, 11) is 1.78. The summed E-state index contributed by atoms with van der Waals surface area (Å²) in [5.41, 5.74) is 2.05. The Morgan fingerprint density at radius 3 is 2.57 bits per heavy atom. The van der Waals surface area contributed by atoms with Gasteiger partial charge in [-0.1, -0.05) is 42.5 Å². The van der Waals surface area contributed by atoms with Gasteiger partial charge in [0, 0.05) is 7.05 Å². The first-order valence-corrected chi connectivity index (χ1v) is 7.90. The van der Waals surface area contributed by atoms with E-state index in [-0.39, 0.29) is 11.6 Å². The molecule has 0 spiro atoms. The van der Waals surface area contributed by atoms with Gasteiger partial charge >= 0.3 is 0 Å². The summed E-state index contributed by atoms with van der Waals surface area (Å²) >= 11 is 0. The maximum absolute atomic E-state index is 12.4. The van der Waals surface area contributed by atoms with E-state index in [2.05, 4.69) is 22.4 Å². The van der Waals surface area contributed by atoms with Crippen LogP contribution < -0.4 is 10.9 Å². The van der Waals surface area contributed by atoms with Gasteiger partial charge in [0.15, 0.2) is 0 Å². The van der Waals surface area contributed by atoms with Gasteiger partial charge in [-0.15, -0.1) is 0 Å². The highest BCUT2D eigenvalue weighted by molar-refractivity contribution is 5.77. The van der Waals surface area contributed by atoms with Crippen molar-refractivity contribution in [3.63, 3.8) is 0 Å². The molecule has 0 fully saturated rings. The largest absolute Gasteiger partial charge is 0.307 e. The third kappa shape index (κ3) is 3.32. The van der Waals surface area contributed by atoms with Crippen molar-refractivity contribution in [2.24, 2.45) is 7.05 Å². The molecule has 1 heterocycles. The van der Waals surface area contributed by atoms with Crippen molar-refractivity contribution in [3.8, 4) is 0 Å². The van der Waals surface area contributed by atoms with Crippen LogP contribution in [0, 0.1) is 0 Å². The molecule has 3 aromatic rings. The molecule has 0 amide bonds. The minimum atomic E-state index is 0.00214. The number of fused-ring (bicyclic) bond motifs is 1. The smallest absolute Gasteiger partial charge is 0.261 e. The van der Waals surface area contributed by atoms with E-state index >= 15 is 0 Å². The van der Waals surface area contributed by atoms with Crippen LogP contribution in [0.5, 0.6) is 0 Å². The second-order valence-corrected chi connectivity index (χ2v) is 5.76. The van der Waals surface area contributed by atoms with Crippen molar-refractivity contribution in [3.05, 3.63) is 76.3 Å². The Balaban J connectivity index is 1.77. The molecule has 2 aromatic carbocycles. The Morgan fingerprint density at radius 2 is 1.78 bits per heavy atom. The molecule has 1 atom stereocenters. The lowest BCUT2D eigenvalue weighted by atomic mass is 10.1. The van der Waals surface area contributed by atoms with Gasteiger partial charge in [0.05, 0.1) is 16.9 Å². The van der Waals surface area contributed by atoms with E-state index in [1.54, 1.807) is 11.6 Å². The second-order valence-electron chi connectivity index (χ2n) is 5.76. The van der Waals surface area contributed by atoms with E-state index in [9.17, 15) is 4.79 Å². The van der Waals surface area contributed by atoms with E-state index in [0.717, 1.165) is 24.3 Å². The van der Waals surface area contributed by atoms with Crippen molar-refractivity contribution in [2.45, 2.75) is 19.4 Å². The first-order valence-electron chi connectivity index (χ1n) is 7.90. The van der Waals surface area contributed by atoms with Gasteiger partial charge < -0.3 is 5.32 Å². The maximum atomic E-state index is 12.4. The fraction of sp³-hybridized carbons (Fsp3) is 0.263. The first-order chi connectivity index (χ1) is 11.2. The molecule has 1 N–H and O–H groups in total. The number of rotatable bonds is 5. The van der Waals surface area contributed by atoms with E-state index in [1.165, 1.54) is 5.56 Å². The van der Waals surface area contributed by atoms with Crippen LogP contribution >= 0.6 is 0 Å². The molecule has 0 bridgehead atoms. The minimum absolute atomic E-state index is 0.00214. The molecule has 0 radical (unpaired) electrons. The average Bonchev–Trinajstić information content (AvgIpc) is 2.59. The number of hydrogen-bond acceptors (Lipinski definition) is 3. The SMILES string of the molecule is C[C@@H](NCCc1ccccc1)c1nc2ccccc2c(=O)n1C. The normalized spacial score (nSPS) is 12.4. The van der Waals surface area contributed by atoms with Gasteiger partial charge in [0.2, 0.25) is 0 Å². The third-order valence-electron chi connectivity index (χ3n) is 4.11. The molecule has 4 heteroatoms.